The van der Waals surface area contributed by atoms with E-state index in [2.05, 4.69) is 15.6 Å². The van der Waals surface area contributed by atoms with Crippen molar-refractivity contribution in [2.45, 2.75) is 32.7 Å². The summed E-state index contributed by atoms with van der Waals surface area (Å²) in [7, 11) is 1.75. The highest BCUT2D eigenvalue weighted by Gasteiger charge is 2.20. The molecular weight excluding hydrogens is 241 g/mol. The lowest BCUT2D eigenvalue weighted by Crippen LogP contribution is -2.37. The van der Waals surface area contributed by atoms with Crippen LogP contribution < -0.4 is 10.6 Å². The van der Waals surface area contributed by atoms with Gasteiger partial charge in [-0.1, -0.05) is 25.0 Å². The molecule has 4 heteroatoms. The minimum atomic E-state index is -0.157. The molecule has 19 heavy (non-hydrogen) atoms. The molecule has 1 fully saturated rings. The van der Waals surface area contributed by atoms with Crippen LogP contribution in [-0.2, 0) is 6.54 Å². The quantitative estimate of drug-likeness (QED) is 0.633. The fourth-order valence-electron chi connectivity index (χ4n) is 1.95. The van der Waals surface area contributed by atoms with Gasteiger partial charge in [0, 0.05) is 20.1 Å². The molecule has 0 aliphatic heterocycles. The van der Waals surface area contributed by atoms with Gasteiger partial charge in [-0.2, -0.15) is 0 Å². The van der Waals surface area contributed by atoms with Crippen LogP contribution in [0, 0.1) is 18.7 Å². The van der Waals surface area contributed by atoms with Crippen molar-refractivity contribution in [3.63, 3.8) is 0 Å². The molecule has 2 rings (SSSR count). The number of rotatable bonds is 5. The predicted octanol–water partition coefficient (Wildman–Crippen LogP) is 2.60. The number of nitrogens with zero attached hydrogens (tertiary/aromatic N) is 1. The fraction of sp³-hybridized carbons (Fsp3) is 0.533. The number of halogens is 1. The molecule has 0 atom stereocenters. The molecule has 2 N–H and O–H groups in total. The van der Waals surface area contributed by atoms with Crippen molar-refractivity contribution in [3.05, 3.63) is 35.1 Å². The summed E-state index contributed by atoms with van der Waals surface area (Å²) in [4.78, 5) is 4.16. The van der Waals surface area contributed by atoms with Gasteiger partial charge in [0.2, 0.25) is 0 Å². The van der Waals surface area contributed by atoms with Crippen molar-refractivity contribution in [2.75, 3.05) is 13.6 Å². The van der Waals surface area contributed by atoms with Crippen LogP contribution in [0.2, 0.25) is 0 Å². The summed E-state index contributed by atoms with van der Waals surface area (Å²) in [6, 6.07) is 5.30. The van der Waals surface area contributed by atoms with E-state index in [1.54, 1.807) is 26.1 Å². The smallest absolute Gasteiger partial charge is 0.191 e. The lowest BCUT2D eigenvalue weighted by molar-refractivity contribution is 0.615. The summed E-state index contributed by atoms with van der Waals surface area (Å²) in [5.41, 5.74) is 1.60. The van der Waals surface area contributed by atoms with E-state index in [0.29, 0.717) is 12.1 Å². The second-order valence-electron chi connectivity index (χ2n) is 5.17. The van der Waals surface area contributed by atoms with Gasteiger partial charge in [-0.25, -0.2) is 4.39 Å². The van der Waals surface area contributed by atoms with Gasteiger partial charge in [0.05, 0.1) is 0 Å². The standard InChI is InChI=1S/C15H22FN3/c1-11-3-4-13(9-14(11)16)10-19-15(17-2)18-8-7-12-5-6-12/h3-4,9,12H,5-8,10H2,1-2H3,(H2,17,18,19). The number of hydrogen-bond donors (Lipinski definition) is 2. The molecule has 0 amide bonds. The van der Waals surface area contributed by atoms with Crippen molar-refractivity contribution in [1.82, 2.24) is 10.6 Å². The van der Waals surface area contributed by atoms with E-state index in [1.807, 2.05) is 6.07 Å². The molecule has 0 radical (unpaired) electrons. The van der Waals surface area contributed by atoms with Crippen LogP contribution in [0.15, 0.2) is 23.2 Å². The van der Waals surface area contributed by atoms with Crippen LogP contribution in [0.5, 0.6) is 0 Å². The molecule has 104 valence electrons. The Morgan fingerprint density at radius 2 is 2.16 bits per heavy atom. The molecule has 0 unspecified atom stereocenters. The molecule has 1 aromatic carbocycles. The molecular formula is C15H22FN3. The zero-order valence-electron chi connectivity index (χ0n) is 11.7. The van der Waals surface area contributed by atoms with Gasteiger partial charge in [0.15, 0.2) is 5.96 Å². The Balaban J connectivity index is 1.76. The summed E-state index contributed by atoms with van der Waals surface area (Å²) in [5.74, 6) is 1.54. The van der Waals surface area contributed by atoms with E-state index in [4.69, 9.17) is 0 Å². The van der Waals surface area contributed by atoms with Crippen molar-refractivity contribution in [2.24, 2.45) is 10.9 Å². The molecule has 1 aromatic rings. The Morgan fingerprint density at radius 3 is 2.79 bits per heavy atom. The lowest BCUT2D eigenvalue weighted by Gasteiger charge is -2.12. The number of aryl methyl sites for hydroxylation is 1. The molecule has 1 aliphatic rings. The van der Waals surface area contributed by atoms with Gasteiger partial charge in [0.1, 0.15) is 5.82 Å². The van der Waals surface area contributed by atoms with Crippen LogP contribution in [0.3, 0.4) is 0 Å². The maximum absolute atomic E-state index is 13.4. The fourth-order valence-corrected chi connectivity index (χ4v) is 1.95. The Morgan fingerprint density at radius 1 is 1.37 bits per heavy atom. The molecule has 1 aliphatic carbocycles. The molecule has 0 spiro atoms. The molecule has 0 bridgehead atoms. The Kier molecular flexibility index (Phi) is 4.77. The zero-order chi connectivity index (χ0) is 13.7. The molecule has 0 saturated heterocycles. The Hall–Kier alpha value is -1.58. The van der Waals surface area contributed by atoms with Gasteiger partial charge >= 0.3 is 0 Å². The third kappa shape index (κ3) is 4.54. The van der Waals surface area contributed by atoms with Crippen LogP contribution in [0.1, 0.15) is 30.4 Å². The van der Waals surface area contributed by atoms with E-state index < -0.39 is 0 Å². The van der Waals surface area contributed by atoms with E-state index in [-0.39, 0.29) is 5.82 Å². The summed E-state index contributed by atoms with van der Waals surface area (Å²) >= 11 is 0. The van der Waals surface area contributed by atoms with Gasteiger partial charge in [-0.15, -0.1) is 0 Å². The minimum Gasteiger partial charge on any atom is -0.356 e. The summed E-state index contributed by atoms with van der Waals surface area (Å²) in [6.45, 7) is 3.30. The highest BCUT2D eigenvalue weighted by atomic mass is 19.1. The summed E-state index contributed by atoms with van der Waals surface area (Å²) in [5, 5.41) is 6.48. The molecule has 1 saturated carbocycles. The zero-order valence-corrected chi connectivity index (χ0v) is 11.7. The highest BCUT2D eigenvalue weighted by molar-refractivity contribution is 5.79. The lowest BCUT2D eigenvalue weighted by atomic mass is 10.1. The first-order valence-corrected chi connectivity index (χ1v) is 6.88. The predicted molar refractivity (Wildman–Crippen MR) is 76.7 cm³/mol. The van der Waals surface area contributed by atoms with Gasteiger partial charge in [-0.3, -0.25) is 4.99 Å². The van der Waals surface area contributed by atoms with Crippen molar-refractivity contribution in [1.29, 1.82) is 0 Å². The molecule has 0 aromatic heterocycles. The molecule has 0 heterocycles. The van der Waals surface area contributed by atoms with E-state index in [0.717, 1.165) is 24.0 Å². The largest absolute Gasteiger partial charge is 0.356 e. The number of hydrogen-bond acceptors (Lipinski definition) is 1. The minimum absolute atomic E-state index is 0.157. The normalized spacial score (nSPS) is 15.4. The van der Waals surface area contributed by atoms with Crippen LogP contribution >= 0.6 is 0 Å². The van der Waals surface area contributed by atoms with Crippen molar-refractivity contribution in [3.8, 4) is 0 Å². The van der Waals surface area contributed by atoms with E-state index in [1.165, 1.54) is 19.3 Å². The Labute approximate surface area is 114 Å². The number of aliphatic imine (C=N–C) groups is 1. The number of nitrogens with one attached hydrogen (secondary N) is 2. The van der Waals surface area contributed by atoms with E-state index >= 15 is 0 Å². The number of benzene rings is 1. The first-order chi connectivity index (χ1) is 9.19. The van der Waals surface area contributed by atoms with Crippen LogP contribution in [0.4, 0.5) is 4.39 Å². The van der Waals surface area contributed by atoms with Crippen LogP contribution in [0.25, 0.3) is 0 Å². The van der Waals surface area contributed by atoms with Crippen molar-refractivity contribution < 1.29 is 4.39 Å². The first-order valence-electron chi connectivity index (χ1n) is 6.88. The first kappa shape index (κ1) is 13.8. The summed E-state index contributed by atoms with van der Waals surface area (Å²) in [6.07, 6.45) is 3.95. The highest BCUT2D eigenvalue weighted by Crippen LogP contribution is 2.31. The monoisotopic (exact) mass is 263 g/mol. The second kappa shape index (κ2) is 6.55. The second-order valence-corrected chi connectivity index (χ2v) is 5.17. The van der Waals surface area contributed by atoms with Crippen molar-refractivity contribution >= 4 is 5.96 Å². The van der Waals surface area contributed by atoms with E-state index in [9.17, 15) is 4.39 Å². The average Bonchev–Trinajstić information content (AvgIpc) is 3.21. The maximum atomic E-state index is 13.4. The van der Waals surface area contributed by atoms with Gasteiger partial charge < -0.3 is 10.6 Å². The average molecular weight is 263 g/mol. The van der Waals surface area contributed by atoms with Crippen LogP contribution in [-0.4, -0.2) is 19.6 Å². The topological polar surface area (TPSA) is 36.4 Å². The SMILES string of the molecule is CN=C(NCCC1CC1)NCc1ccc(C)c(F)c1. The molecule has 3 nitrogen and oxygen atoms in total. The third-order valence-corrected chi connectivity index (χ3v) is 3.46. The maximum Gasteiger partial charge on any atom is 0.191 e. The summed E-state index contributed by atoms with van der Waals surface area (Å²) < 4.78 is 13.4. The number of guanidine groups is 1. The Bertz CT molecular complexity index is 453. The van der Waals surface area contributed by atoms with Gasteiger partial charge in [-0.05, 0) is 36.5 Å². The third-order valence-electron chi connectivity index (χ3n) is 3.46. The van der Waals surface area contributed by atoms with Gasteiger partial charge in [0.25, 0.3) is 0 Å².